The molecule has 1 aliphatic carbocycles. The van der Waals surface area contributed by atoms with Crippen LogP contribution in [0.1, 0.15) is 19.3 Å². The van der Waals surface area contributed by atoms with Crippen LogP contribution in [-0.4, -0.2) is 35.6 Å². The van der Waals surface area contributed by atoms with Crippen LogP contribution in [0.5, 0.6) is 0 Å². The van der Waals surface area contributed by atoms with Gasteiger partial charge in [-0.1, -0.05) is 0 Å². The first kappa shape index (κ1) is 16.7. The van der Waals surface area contributed by atoms with Gasteiger partial charge >= 0.3 is 11.9 Å². The van der Waals surface area contributed by atoms with Gasteiger partial charge in [-0.25, -0.2) is 9.78 Å². The van der Waals surface area contributed by atoms with Gasteiger partial charge in [0.05, 0.1) is 6.33 Å². The second-order valence-corrected chi connectivity index (χ2v) is 6.42. The van der Waals surface area contributed by atoms with Crippen molar-refractivity contribution in [2.45, 2.75) is 37.6 Å². The van der Waals surface area contributed by atoms with Gasteiger partial charge in [0.2, 0.25) is 0 Å². The zero-order valence-corrected chi connectivity index (χ0v) is 13.2. The summed E-state index contributed by atoms with van der Waals surface area (Å²) in [7, 11) is 3.05. The quantitative estimate of drug-likeness (QED) is 0.860. The summed E-state index contributed by atoms with van der Waals surface area (Å²) < 4.78 is 42.3. The van der Waals surface area contributed by atoms with Crippen molar-refractivity contribution in [2.75, 3.05) is 0 Å². The molecule has 0 amide bonds. The molecule has 132 valence electrons. The molecule has 2 aromatic heterocycles. The van der Waals surface area contributed by atoms with Crippen LogP contribution in [0.3, 0.4) is 0 Å². The van der Waals surface area contributed by atoms with Gasteiger partial charge in [-0.05, 0) is 25.2 Å². The third-order valence-corrected chi connectivity index (χ3v) is 4.76. The van der Waals surface area contributed by atoms with Gasteiger partial charge in [-0.2, -0.15) is 13.2 Å². The van der Waals surface area contributed by atoms with Crippen molar-refractivity contribution >= 4 is 11.2 Å². The van der Waals surface area contributed by atoms with Crippen molar-refractivity contribution < 1.29 is 18.3 Å². The summed E-state index contributed by atoms with van der Waals surface area (Å²) in [5.41, 5.74) is -3.53. The van der Waals surface area contributed by atoms with E-state index < -0.39 is 41.8 Å². The van der Waals surface area contributed by atoms with Crippen LogP contribution >= 0.6 is 0 Å². The van der Waals surface area contributed by atoms with E-state index in [9.17, 15) is 27.9 Å². The summed E-state index contributed by atoms with van der Waals surface area (Å²) in [6.07, 6.45) is -4.17. The van der Waals surface area contributed by atoms with Crippen LogP contribution in [-0.2, 0) is 20.6 Å². The van der Waals surface area contributed by atoms with Crippen molar-refractivity contribution in [3.05, 3.63) is 27.2 Å². The van der Waals surface area contributed by atoms with E-state index in [2.05, 4.69) is 4.98 Å². The fraction of sp³-hybridized carbons (Fsp3) is 0.643. The second kappa shape index (κ2) is 5.20. The van der Waals surface area contributed by atoms with Gasteiger partial charge in [0.25, 0.3) is 5.56 Å². The van der Waals surface area contributed by atoms with E-state index in [1.807, 2.05) is 0 Å². The first-order valence-corrected chi connectivity index (χ1v) is 7.45. The van der Waals surface area contributed by atoms with Gasteiger partial charge in [-0.3, -0.25) is 13.9 Å². The third-order valence-electron chi connectivity index (χ3n) is 4.76. The predicted molar refractivity (Wildman–Crippen MR) is 78.6 cm³/mol. The summed E-state index contributed by atoms with van der Waals surface area (Å²) in [6, 6.07) is 0. The minimum Gasteiger partial charge on any atom is -0.380 e. The number of hydrogen-bond acceptors (Lipinski definition) is 4. The van der Waals surface area contributed by atoms with E-state index in [0.717, 1.165) is 4.57 Å². The zero-order chi connectivity index (χ0) is 17.9. The Balaban J connectivity index is 1.99. The molecule has 2 aromatic rings. The highest BCUT2D eigenvalue weighted by Gasteiger charge is 2.57. The number of aromatic nitrogens is 4. The molecule has 0 saturated heterocycles. The fourth-order valence-electron chi connectivity index (χ4n) is 3.35. The molecule has 1 saturated carbocycles. The van der Waals surface area contributed by atoms with E-state index in [-0.39, 0.29) is 24.1 Å². The van der Waals surface area contributed by atoms with Crippen LogP contribution in [0, 0.1) is 5.92 Å². The maximum absolute atomic E-state index is 12.9. The molecule has 1 unspecified atom stereocenters. The second-order valence-electron chi connectivity index (χ2n) is 6.42. The Morgan fingerprint density at radius 2 is 2.04 bits per heavy atom. The monoisotopic (exact) mass is 346 g/mol. The normalized spacial score (nSPS) is 24.8. The Morgan fingerprint density at radius 3 is 2.62 bits per heavy atom. The number of aliphatic hydroxyl groups is 1. The lowest BCUT2D eigenvalue weighted by Gasteiger charge is -2.25. The molecule has 2 atom stereocenters. The number of imidazole rings is 1. The molecule has 0 aromatic carbocycles. The number of rotatable bonds is 2. The topological polar surface area (TPSA) is 82.1 Å². The molecule has 0 aliphatic heterocycles. The van der Waals surface area contributed by atoms with Crippen LogP contribution < -0.4 is 11.2 Å². The summed E-state index contributed by atoms with van der Waals surface area (Å²) in [5, 5.41) is 9.74. The standard InChI is InChI=1S/C14H17F3N4O3/c1-19-7-18-10-9(19)11(22)21(12(23)20(10)2)6-8-3-4-13(24,5-8)14(15,16)17/h7-8,24H,3-6H2,1-2H3/t8-,13?/m1/s1. The van der Waals surface area contributed by atoms with E-state index >= 15 is 0 Å². The van der Waals surface area contributed by atoms with Gasteiger partial charge in [0.15, 0.2) is 16.8 Å². The van der Waals surface area contributed by atoms with Crippen LogP contribution in [0.15, 0.2) is 15.9 Å². The Kier molecular flexibility index (Phi) is 3.63. The molecular formula is C14H17F3N4O3. The third kappa shape index (κ3) is 2.36. The number of aryl methyl sites for hydroxylation is 2. The van der Waals surface area contributed by atoms with Gasteiger partial charge in [0, 0.05) is 20.6 Å². The van der Waals surface area contributed by atoms with Crippen molar-refractivity contribution in [3.63, 3.8) is 0 Å². The van der Waals surface area contributed by atoms with Crippen molar-refractivity contribution in [3.8, 4) is 0 Å². The maximum atomic E-state index is 12.9. The van der Waals surface area contributed by atoms with E-state index in [1.54, 1.807) is 7.05 Å². The predicted octanol–water partition coefficient (Wildman–Crippen LogP) is 0.527. The molecule has 1 fully saturated rings. The van der Waals surface area contributed by atoms with E-state index in [0.29, 0.717) is 0 Å². The van der Waals surface area contributed by atoms with Gasteiger partial charge in [-0.15, -0.1) is 0 Å². The number of hydrogen-bond donors (Lipinski definition) is 1. The average molecular weight is 346 g/mol. The molecular weight excluding hydrogens is 329 g/mol. The molecule has 3 rings (SSSR count). The summed E-state index contributed by atoms with van der Waals surface area (Å²) in [4.78, 5) is 28.9. The number of alkyl halides is 3. The smallest absolute Gasteiger partial charge is 0.380 e. The highest BCUT2D eigenvalue weighted by atomic mass is 19.4. The Labute approximate surface area is 134 Å². The van der Waals surface area contributed by atoms with Gasteiger partial charge < -0.3 is 9.67 Å². The lowest BCUT2D eigenvalue weighted by atomic mass is 9.99. The summed E-state index contributed by atoms with van der Waals surface area (Å²) >= 11 is 0. The van der Waals surface area contributed by atoms with Crippen molar-refractivity contribution in [2.24, 2.45) is 20.0 Å². The lowest BCUT2D eigenvalue weighted by molar-refractivity contribution is -0.258. The number of nitrogens with zero attached hydrogens (tertiary/aromatic N) is 4. The Hall–Kier alpha value is -2.10. The molecule has 7 nitrogen and oxygen atoms in total. The van der Waals surface area contributed by atoms with Crippen molar-refractivity contribution in [1.82, 2.24) is 18.7 Å². The zero-order valence-electron chi connectivity index (χ0n) is 13.2. The van der Waals surface area contributed by atoms with E-state index in [1.165, 1.54) is 22.5 Å². The minimum absolute atomic E-state index is 0.0923. The van der Waals surface area contributed by atoms with Crippen LogP contribution in [0.25, 0.3) is 11.2 Å². The van der Waals surface area contributed by atoms with Crippen molar-refractivity contribution in [1.29, 1.82) is 0 Å². The molecule has 2 heterocycles. The molecule has 10 heteroatoms. The number of fused-ring (bicyclic) bond motifs is 1. The lowest BCUT2D eigenvalue weighted by Crippen LogP contribution is -2.44. The largest absolute Gasteiger partial charge is 0.417 e. The molecule has 0 radical (unpaired) electrons. The fourth-order valence-corrected chi connectivity index (χ4v) is 3.35. The van der Waals surface area contributed by atoms with Crippen LogP contribution in [0.4, 0.5) is 13.2 Å². The molecule has 0 spiro atoms. The summed E-state index contributed by atoms with van der Waals surface area (Å²) in [5.74, 6) is -0.604. The highest BCUT2D eigenvalue weighted by Crippen LogP contribution is 2.45. The molecule has 1 aliphatic rings. The highest BCUT2D eigenvalue weighted by molar-refractivity contribution is 5.69. The Morgan fingerprint density at radius 1 is 1.38 bits per heavy atom. The minimum atomic E-state index is -4.72. The SMILES string of the molecule is Cn1cnc2c1c(=O)n(C[C@@H]1CCC(O)(C(F)(F)F)C1)c(=O)n2C. The molecule has 24 heavy (non-hydrogen) atoms. The van der Waals surface area contributed by atoms with Crippen LogP contribution in [0.2, 0.25) is 0 Å². The van der Waals surface area contributed by atoms with Gasteiger partial charge in [0.1, 0.15) is 0 Å². The Bertz CT molecular complexity index is 911. The summed E-state index contributed by atoms with van der Waals surface area (Å²) in [6.45, 7) is -0.162. The maximum Gasteiger partial charge on any atom is 0.417 e. The molecule has 1 N–H and O–H groups in total. The first-order chi connectivity index (χ1) is 11.0. The number of halogens is 3. The average Bonchev–Trinajstić information content (AvgIpc) is 3.05. The van der Waals surface area contributed by atoms with E-state index in [4.69, 9.17) is 0 Å². The molecule has 0 bridgehead atoms. The first-order valence-electron chi connectivity index (χ1n) is 7.45.